The lowest BCUT2D eigenvalue weighted by molar-refractivity contribution is -0.134. The molecule has 142 valence electrons. The van der Waals surface area contributed by atoms with Crippen molar-refractivity contribution in [3.63, 3.8) is 0 Å². The molecule has 1 saturated heterocycles. The molecule has 1 fully saturated rings. The highest BCUT2D eigenvalue weighted by Crippen LogP contribution is 2.14. The number of aromatic nitrogens is 1. The van der Waals surface area contributed by atoms with Crippen LogP contribution in [0.15, 0.2) is 48.8 Å². The van der Waals surface area contributed by atoms with Gasteiger partial charge in [0.2, 0.25) is 0 Å². The molecule has 27 heavy (non-hydrogen) atoms. The number of ether oxygens (including phenoxy) is 1. The zero-order chi connectivity index (χ0) is 19.1. The zero-order valence-corrected chi connectivity index (χ0v) is 15.6. The van der Waals surface area contributed by atoms with Gasteiger partial charge >= 0.3 is 0 Å². The maximum atomic E-state index is 12.4. The second kappa shape index (κ2) is 9.16. The Morgan fingerprint density at radius 1 is 1.19 bits per heavy atom. The summed E-state index contributed by atoms with van der Waals surface area (Å²) in [7, 11) is 0. The first-order valence-electron chi connectivity index (χ1n) is 9.36. The molecule has 0 saturated carbocycles. The largest absolute Gasteiger partial charge is 0.484 e. The van der Waals surface area contributed by atoms with E-state index < -0.39 is 0 Å². The molecular formula is C21H25N3O3. The van der Waals surface area contributed by atoms with E-state index in [2.05, 4.69) is 17.2 Å². The van der Waals surface area contributed by atoms with Gasteiger partial charge in [0.15, 0.2) is 6.61 Å². The van der Waals surface area contributed by atoms with Crippen molar-refractivity contribution in [3.8, 4) is 5.75 Å². The van der Waals surface area contributed by atoms with Crippen LogP contribution in [0.4, 0.5) is 0 Å². The molecule has 6 heteroatoms. The molecule has 1 aliphatic heterocycles. The van der Waals surface area contributed by atoms with Gasteiger partial charge in [0, 0.05) is 31.5 Å². The molecule has 3 rings (SSSR count). The summed E-state index contributed by atoms with van der Waals surface area (Å²) < 4.78 is 5.60. The lowest BCUT2D eigenvalue weighted by atomic mass is 10.0. The first-order chi connectivity index (χ1) is 13.2. The third kappa shape index (κ3) is 5.29. The predicted molar refractivity (Wildman–Crippen MR) is 103 cm³/mol. The minimum absolute atomic E-state index is 0.0217. The quantitative estimate of drug-likeness (QED) is 0.851. The van der Waals surface area contributed by atoms with Gasteiger partial charge in [-0.1, -0.05) is 19.1 Å². The van der Waals surface area contributed by atoms with E-state index in [9.17, 15) is 9.59 Å². The van der Waals surface area contributed by atoms with Crippen LogP contribution in [-0.4, -0.2) is 47.4 Å². The second-order valence-electron chi connectivity index (χ2n) is 6.66. The molecule has 1 N–H and O–H groups in total. The van der Waals surface area contributed by atoms with Crippen LogP contribution in [0.2, 0.25) is 0 Å². The summed E-state index contributed by atoms with van der Waals surface area (Å²) in [6, 6.07) is 11.4. The number of benzene rings is 1. The van der Waals surface area contributed by atoms with Crippen molar-refractivity contribution in [2.45, 2.75) is 32.2 Å². The third-order valence-corrected chi connectivity index (χ3v) is 4.80. The van der Waals surface area contributed by atoms with E-state index in [-0.39, 0.29) is 24.5 Å². The van der Waals surface area contributed by atoms with Gasteiger partial charge in [0.25, 0.3) is 11.8 Å². The second-order valence-corrected chi connectivity index (χ2v) is 6.66. The van der Waals surface area contributed by atoms with Gasteiger partial charge in [0.05, 0.1) is 5.56 Å². The number of likely N-dealkylation sites (tertiary alicyclic amines) is 1. The maximum Gasteiger partial charge on any atom is 0.260 e. The molecule has 0 atom stereocenters. The van der Waals surface area contributed by atoms with E-state index in [0.717, 1.165) is 19.3 Å². The Morgan fingerprint density at radius 2 is 1.93 bits per heavy atom. The Kier molecular flexibility index (Phi) is 6.41. The van der Waals surface area contributed by atoms with Crippen molar-refractivity contribution in [2.24, 2.45) is 0 Å². The van der Waals surface area contributed by atoms with Gasteiger partial charge in [-0.05, 0) is 49.1 Å². The molecule has 0 spiro atoms. The molecule has 1 aromatic heterocycles. The monoisotopic (exact) mass is 367 g/mol. The summed E-state index contributed by atoms with van der Waals surface area (Å²) in [6.45, 7) is 3.38. The summed E-state index contributed by atoms with van der Waals surface area (Å²) in [5, 5.41) is 3.02. The van der Waals surface area contributed by atoms with Crippen molar-refractivity contribution in [2.75, 3.05) is 19.7 Å². The molecule has 0 radical (unpaired) electrons. The number of piperidine rings is 1. The van der Waals surface area contributed by atoms with Gasteiger partial charge in [-0.15, -0.1) is 0 Å². The van der Waals surface area contributed by atoms with E-state index >= 15 is 0 Å². The maximum absolute atomic E-state index is 12.4. The Balaban J connectivity index is 1.41. The van der Waals surface area contributed by atoms with Crippen LogP contribution in [0.3, 0.4) is 0 Å². The Bertz CT molecular complexity index is 754. The molecule has 2 aromatic rings. The first kappa shape index (κ1) is 18.9. The van der Waals surface area contributed by atoms with Gasteiger partial charge in [-0.25, -0.2) is 0 Å². The molecule has 2 amide bonds. The Labute approximate surface area is 159 Å². The molecule has 6 nitrogen and oxygen atoms in total. The fourth-order valence-electron chi connectivity index (χ4n) is 3.10. The highest BCUT2D eigenvalue weighted by atomic mass is 16.5. The number of carbonyl (C=O) groups is 2. The van der Waals surface area contributed by atoms with Crippen LogP contribution in [0, 0.1) is 0 Å². The lowest BCUT2D eigenvalue weighted by Gasteiger charge is -2.32. The molecule has 1 aliphatic rings. The van der Waals surface area contributed by atoms with Crippen LogP contribution in [-0.2, 0) is 11.2 Å². The summed E-state index contributed by atoms with van der Waals surface area (Å²) >= 11 is 0. The summed E-state index contributed by atoms with van der Waals surface area (Å²) in [5.74, 6) is 0.567. The van der Waals surface area contributed by atoms with E-state index in [1.54, 1.807) is 29.4 Å². The fourth-order valence-corrected chi connectivity index (χ4v) is 3.10. The fraction of sp³-hybridized carbons (Fsp3) is 0.381. The SMILES string of the molecule is CCc1ccc(OCC(=O)N2CCC(NC(=O)c3cccnc3)CC2)cc1. The number of carbonyl (C=O) groups excluding carboxylic acids is 2. The Hall–Kier alpha value is -2.89. The van der Waals surface area contributed by atoms with E-state index in [0.29, 0.717) is 24.4 Å². The molecule has 1 aromatic carbocycles. The van der Waals surface area contributed by atoms with Gasteiger partial charge in [-0.2, -0.15) is 0 Å². The highest BCUT2D eigenvalue weighted by molar-refractivity contribution is 5.94. The van der Waals surface area contributed by atoms with E-state index in [1.165, 1.54) is 5.56 Å². The van der Waals surface area contributed by atoms with Crippen LogP contribution in [0.25, 0.3) is 0 Å². The number of nitrogens with zero attached hydrogens (tertiary/aromatic N) is 2. The van der Waals surface area contributed by atoms with Crippen LogP contribution >= 0.6 is 0 Å². The zero-order valence-electron chi connectivity index (χ0n) is 15.6. The molecule has 2 heterocycles. The summed E-state index contributed by atoms with van der Waals surface area (Å²) in [5.41, 5.74) is 1.79. The topological polar surface area (TPSA) is 71.5 Å². The smallest absolute Gasteiger partial charge is 0.260 e. The predicted octanol–water partition coefficient (Wildman–Crippen LogP) is 2.44. The number of pyridine rings is 1. The minimum atomic E-state index is -0.119. The van der Waals surface area contributed by atoms with Crippen molar-refractivity contribution in [1.82, 2.24) is 15.2 Å². The number of hydrogen-bond donors (Lipinski definition) is 1. The van der Waals surface area contributed by atoms with Gasteiger partial charge < -0.3 is 15.0 Å². The van der Waals surface area contributed by atoms with E-state index in [4.69, 9.17) is 4.74 Å². The standard InChI is InChI=1S/C21H25N3O3/c1-2-16-5-7-19(8-6-16)27-15-20(25)24-12-9-18(10-13-24)23-21(26)17-4-3-11-22-14-17/h3-8,11,14,18H,2,9-10,12-13,15H2,1H3,(H,23,26). The molecule has 0 aliphatic carbocycles. The third-order valence-electron chi connectivity index (χ3n) is 4.80. The average molecular weight is 367 g/mol. The lowest BCUT2D eigenvalue weighted by Crippen LogP contribution is -2.47. The first-order valence-corrected chi connectivity index (χ1v) is 9.36. The normalized spacial score (nSPS) is 14.6. The Morgan fingerprint density at radius 3 is 2.56 bits per heavy atom. The van der Waals surface area contributed by atoms with E-state index in [1.807, 2.05) is 24.3 Å². The van der Waals surface area contributed by atoms with Gasteiger partial charge in [0.1, 0.15) is 5.75 Å². The summed E-state index contributed by atoms with van der Waals surface area (Å²) in [6.07, 6.45) is 5.65. The number of nitrogens with one attached hydrogen (secondary N) is 1. The number of aryl methyl sites for hydroxylation is 1. The van der Waals surface area contributed by atoms with Crippen LogP contribution in [0.5, 0.6) is 5.75 Å². The van der Waals surface area contributed by atoms with Crippen LogP contribution in [0.1, 0.15) is 35.7 Å². The number of amides is 2. The van der Waals surface area contributed by atoms with Crippen molar-refractivity contribution in [3.05, 3.63) is 59.9 Å². The average Bonchev–Trinajstić information content (AvgIpc) is 2.73. The number of rotatable bonds is 6. The summed E-state index contributed by atoms with van der Waals surface area (Å²) in [4.78, 5) is 30.3. The van der Waals surface area contributed by atoms with Crippen molar-refractivity contribution < 1.29 is 14.3 Å². The minimum Gasteiger partial charge on any atom is -0.484 e. The molecular weight excluding hydrogens is 342 g/mol. The highest BCUT2D eigenvalue weighted by Gasteiger charge is 2.24. The molecule has 0 bridgehead atoms. The van der Waals surface area contributed by atoms with Crippen molar-refractivity contribution in [1.29, 1.82) is 0 Å². The number of hydrogen-bond acceptors (Lipinski definition) is 4. The van der Waals surface area contributed by atoms with Gasteiger partial charge in [-0.3, -0.25) is 14.6 Å². The van der Waals surface area contributed by atoms with Crippen molar-refractivity contribution >= 4 is 11.8 Å². The van der Waals surface area contributed by atoms with Crippen LogP contribution < -0.4 is 10.1 Å². The molecule has 0 unspecified atom stereocenters.